The fourth-order valence-corrected chi connectivity index (χ4v) is 2.96. The molecule has 1 aromatic heterocycles. The molecule has 3 aromatic rings. The summed E-state index contributed by atoms with van der Waals surface area (Å²) in [5.41, 5.74) is 2.50. The van der Waals surface area contributed by atoms with E-state index >= 15 is 0 Å². The molecule has 0 N–H and O–H groups in total. The highest BCUT2D eigenvalue weighted by atomic mass is 16.5. The standard InChI is InChI=1S/C18H21NO/c1-4-20-18(13(2)3)19-16-11-7-5-9-14(16)15-10-6-8-12-17(15)19/h5-13,18H,4H2,1-3H3. The second kappa shape index (κ2) is 5.29. The largest absolute Gasteiger partial charge is 0.358 e. The van der Waals surface area contributed by atoms with E-state index in [0.29, 0.717) is 5.92 Å². The van der Waals surface area contributed by atoms with Crippen LogP contribution in [0.25, 0.3) is 21.8 Å². The molecule has 0 aliphatic rings. The number of ether oxygens (including phenoxy) is 1. The normalized spacial score (nSPS) is 13.4. The molecule has 0 radical (unpaired) electrons. The lowest BCUT2D eigenvalue weighted by molar-refractivity contribution is -0.0169. The Morgan fingerprint density at radius 3 is 1.85 bits per heavy atom. The first kappa shape index (κ1) is 13.2. The van der Waals surface area contributed by atoms with Gasteiger partial charge in [-0.3, -0.25) is 0 Å². The minimum Gasteiger partial charge on any atom is -0.358 e. The van der Waals surface area contributed by atoms with Crippen LogP contribution in [0.1, 0.15) is 27.0 Å². The Hall–Kier alpha value is -1.80. The van der Waals surface area contributed by atoms with Gasteiger partial charge in [0.05, 0.1) is 11.0 Å². The van der Waals surface area contributed by atoms with Gasteiger partial charge in [-0.25, -0.2) is 0 Å². The van der Waals surface area contributed by atoms with Gasteiger partial charge in [0, 0.05) is 17.4 Å². The number of hydrogen-bond donors (Lipinski definition) is 0. The third kappa shape index (κ3) is 2.01. The van der Waals surface area contributed by atoms with E-state index in [0.717, 1.165) is 6.61 Å². The van der Waals surface area contributed by atoms with Crippen molar-refractivity contribution in [2.75, 3.05) is 6.61 Å². The van der Waals surface area contributed by atoms with Crippen molar-refractivity contribution in [2.24, 2.45) is 5.92 Å². The molecule has 1 atom stereocenters. The summed E-state index contributed by atoms with van der Waals surface area (Å²) >= 11 is 0. The number of hydrogen-bond acceptors (Lipinski definition) is 1. The number of para-hydroxylation sites is 2. The second-order valence-corrected chi connectivity index (χ2v) is 5.49. The van der Waals surface area contributed by atoms with Crippen molar-refractivity contribution in [3.63, 3.8) is 0 Å². The van der Waals surface area contributed by atoms with E-state index in [1.807, 2.05) is 0 Å². The molecule has 2 nitrogen and oxygen atoms in total. The summed E-state index contributed by atoms with van der Waals surface area (Å²) in [5, 5.41) is 2.60. The molecule has 104 valence electrons. The van der Waals surface area contributed by atoms with Crippen LogP contribution in [0.15, 0.2) is 48.5 Å². The van der Waals surface area contributed by atoms with Crippen molar-refractivity contribution >= 4 is 21.8 Å². The van der Waals surface area contributed by atoms with Gasteiger partial charge >= 0.3 is 0 Å². The molecule has 1 heterocycles. The highest BCUT2D eigenvalue weighted by Crippen LogP contribution is 2.34. The molecule has 0 spiro atoms. The highest BCUT2D eigenvalue weighted by molar-refractivity contribution is 6.08. The van der Waals surface area contributed by atoms with Crippen LogP contribution in [0, 0.1) is 5.92 Å². The lowest BCUT2D eigenvalue weighted by Crippen LogP contribution is -2.18. The topological polar surface area (TPSA) is 14.2 Å². The zero-order valence-electron chi connectivity index (χ0n) is 12.3. The molecule has 0 fully saturated rings. The Balaban J connectivity index is 2.36. The maximum atomic E-state index is 6.03. The zero-order chi connectivity index (χ0) is 14.1. The van der Waals surface area contributed by atoms with Gasteiger partial charge in [-0.05, 0) is 25.0 Å². The van der Waals surface area contributed by atoms with Crippen LogP contribution < -0.4 is 0 Å². The third-order valence-corrected chi connectivity index (χ3v) is 3.78. The van der Waals surface area contributed by atoms with Gasteiger partial charge in [0.2, 0.25) is 0 Å². The monoisotopic (exact) mass is 267 g/mol. The maximum absolute atomic E-state index is 6.03. The van der Waals surface area contributed by atoms with Crippen molar-refractivity contribution < 1.29 is 4.74 Å². The summed E-state index contributed by atoms with van der Waals surface area (Å²) in [6.07, 6.45) is 0.0739. The molecule has 0 bridgehead atoms. The van der Waals surface area contributed by atoms with Crippen LogP contribution in [0.3, 0.4) is 0 Å². The van der Waals surface area contributed by atoms with Crippen molar-refractivity contribution in [3.05, 3.63) is 48.5 Å². The molecule has 2 heteroatoms. The lowest BCUT2D eigenvalue weighted by atomic mass is 10.2. The van der Waals surface area contributed by atoms with E-state index in [1.54, 1.807) is 0 Å². The predicted molar refractivity (Wildman–Crippen MR) is 84.9 cm³/mol. The molecule has 0 saturated heterocycles. The smallest absolute Gasteiger partial charge is 0.136 e. The average molecular weight is 267 g/mol. The number of aromatic nitrogens is 1. The van der Waals surface area contributed by atoms with E-state index in [4.69, 9.17) is 4.74 Å². The Morgan fingerprint density at radius 1 is 0.900 bits per heavy atom. The second-order valence-electron chi connectivity index (χ2n) is 5.49. The van der Waals surface area contributed by atoms with Crippen molar-refractivity contribution in [2.45, 2.75) is 27.0 Å². The summed E-state index contributed by atoms with van der Waals surface area (Å²) < 4.78 is 8.37. The first-order chi connectivity index (χ1) is 9.74. The van der Waals surface area contributed by atoms with E-state index in [-0.39, 0.29) is 6.23 Å². The number of nitrogens with zero attached hydrogens (tertiary/aromatic N) is 1. The summed E-state index contributed by atoms with van der Waals surface area (Å²) in [5.74, 6) is 0.425. The Bertz CT molecular complexity index is 673. The van der Waals surface area contributed by atoms with E-state index in [9.17, 15) is 0 Å². The summed E-state index contributed by atoms with van der Waals surface area (Å²) in [6.45, 7) is 7.21. The first-order valence-corrected chi connectivity index (χ1v) is 7.33. The van der Waals surface area contributed by atoms with E-state index in [1.165, 1.54) is 21.8 Å². The summed E-state index contributed by atoms with van der Waals surface area (Å²) in [6, 6.07) is 17.2. The fourth-order valence-electron chi connectivity index (χ4n) is 2.96. The first-order valence-electron chi connectivity index (χ1n) is 7.33. The quantitative estimate of drug-likeness (QED) is 0.650. The molecule has 1 unspecified atom stereocenters. The maximum Gasteiger partial charge on any atom is 0.136 e. The molecule has 0 aliphatic carbocycles. The SMILES string of the molecule is CCOC(C(C)C)n1c2ccccc2c2ccccc21. The predicted octanol–water partition coefficient (Wildman–Crippen LogP) is 4.99. The minimum absolute atomic E-state index is 0.0739. The molecule has 20 heavy (non-hydrogen) atoms. The highest BCUT2D eigenvalue weighted by Gasteiger charge is 2.20. The molecule has 0 amide bonds. The van der Waals surface area contributed by atoms with Gasteiger partial charge in [0.25, 0.3) is 0 Å². The van der Waals surface area contributed by atoms with Crippen LogP contribution in [0.2, 0.25) is 0 Å². The Morgan fingerprint density at radius 2 is 1.40 bits per heavy atom. The van der Waals surface area contributed by atoms with Crippen molar-refractivity contribution in [1.29, 1.82) is 0 Å². The summed E-state index contributed by atoms with van der Waals surface area (Å²) in [7, 11) is 0. The van der Waals surface area contributed by atoms with Gasteiger partial charge in [0.1, 0.15) is 6.23 Å². The molecule has 2 aromatic carbocycles. The van der Waals surface area contributed by atoms with Gasteiger partial charge in [-0.15, -0.1) is 0 Å². The fraction of sp³-hybridized carbons (Fsp3) is 0.333. The van der Waals surface area contributed by atoms with Crippen LogP contribution in [0.5, 0.6) is 0 Å². The number of rotatable bonds is 4. The van der Waals surface area contributed by atoms with Crippen LogP contribution >= 0.6 is 0 Å². The lowest BCUT2D eigenvalue weighted by Gasteiger charge is -2.24. The third-order valence-electron chi connectivity index (χ3n) is 3.78. The van der Waals surface area contributed by atoms with Gasteiger partial charge in [-0.1, -0.05) is 50.2 Å². The van der Waals surface area contributed by atoms with Crippen LogP contribution in [-0.4, -0.2) is 11.2 Å². The van der Waals surface area contributed by atoms with Gasteiger partial charge in [-0.2, -0.15) is 0 Å². The molecular formula is C18H21NO. The van der Waals surface area contributed by atoms with Crippen LogP contribution in [0.4, 0.5) is 0 Å². The molecule has 0 saturated carbocycles. The number of benzene rings is 2. The molecule has 0 aliphatic heterocycles. The number of fused-ring (bicyclic) bond motifs is 3. The van der Waals surface area contributed by atoms with Crippen molar-refractivity contribution in [3.8, 4) is 0 Å². The van der Waals surface area contributed by atoms with Gasteiger partial charge < -0.3 is 9.30 Å². The Kier molecular flexibility index (Phi) is 3.49. The van der Waals surface area contributed by atoms with E-state index < -0.39 is 0 Å². The minimum atomic E-state index is 0.0739. The average Bonchev–Trinajstić information content (AvgIpc) is 2.79. The summed E-state index contributed by atoms with van der Waals surface area (Å²) in [4.78, 5) is 0. The Labute approximate surface area is 120 Å². The zero-order valence-corrected chi connectivity index (χ0v) is 12.3. The van der Waals surface area contributed by atoms with Gasteiger partial charge in [0.15, 0.2) is 0 Å². The van der Waals surface area contributed by atoms with Crippen molar-refractivity contribution in [1.82, 2.24) is 4.57 Å². The van der Waals surface area contributed by atoms with E-state index in [2.05, 4.69) is 73.9 Å². The molecule has 3 rings (SSSR count). The molecular weight excluding hydrogens is 246 g/mol. The van der Waals surface area contributed by atoms with Crippen LogP contribution in [-0.2, 0) is 4.74 Å².